The fraction of sp³-hybridized carbons (Fsp3) is 0. The highest BCUT2D eigenvalue weighted by Gasteiger charge is 2.24. The smallest absolute Gasteiger partial charge is 0.139 e. The molecule has 2 aliphatic rings. The maximum absolute atomic E-state index is 10.5. The van der Waals surface area contributed by atoms with Crippen molar-refractivity contribution in [3.8, 4) is 11.5 Å². The molecule has 0 aliphatic carbocycles. The van der Waals surface area contributed by atoms with E-state index < -0.39 is 0 Å². The average molecular weight is 366 g/mol. The molecule has 3 aromatic rings. The molecule has 5 rings (SSSR count). The van der Waals surface area contributed by atoms with Crippen molar-refractivity contribution >= 4 is 34.9 Å². The summed E-state index contributed by atoms with van der Waals surface area (Å²) in [5.74, 6) is 0.420. The number of hydrogen-bond acceptors (Lipinski definition) is 4. The summed E-state index contributed by atoms with van der Waals surface area (Å²) in [5.41, 5.74) is 3.30. The van der Waals surface area contributed by atoms with Crippen LogP contribution in [0.25, 0.3) is 12.2 Å². The van der Waals surface area contributed by atoms with E-state index in [0.29, 0.717) is 11.4 Å². The number of rotatable bonds is 2. The molecule has 136 valence electrons. The second kappa shape index (κ2) is 6.35. The van der Waals surface area contributed by atoms with Gasteiger partial charge < -0.3 is 20.0 Å². The first kappa shape index (κ1) is 16.3. The van der Waals surface area contributed by atoms with Crippen LogP contribution in [-0.4, -0.2) is 10.2 Å². The normalized spacial score (nSPS) is 14.1. The Morgan fingerprint density at radius 1 is 0.536 bits per heavy atom. The van der Waals surface area contributed by atoms with Gasteiger partial charge in [0, 0.05) is 22.8 Å². The Morgan fingerprint density at radius 2 is 0.964 bits per heavy atom. The van der Waals surface area contributed by atoms with Crippen LogP contribution >= 0.6 is 0 Å². The van der Waals surface area contributed by atoms with E-state index in [2.05, 4.69) is 12.1 Å². The van der Waals surface area contributed by atoms with Gasteiger partial charge in [-0.1, -0.05) is 48.6 Å². The molecule has 0 spiro atoms. The fourth-order valence-corrected chi connectivity index (χ4v) is 3.74. The lowest BCUT2D eigenvalue weighted by Gasteiger charge is -2.32. The van der Waals surface area contributed by atoms with E-state index in [9.17, 15) is 10.2 Å². The first-order chi connectivity index (χ1) is 13.7. The van der Waals surface area contributed by atoms with Crippen molar-refractivity contribution in [1.82, 2.24) is 0 Å². The summed E-state index contributed by atoms with van der Waals surface area (Å²) < 4.78 is 0. The molecule has 3 aromatic carbocycles. The maximum Gasteiger partial charge on any atom is 0.139 e. The minimum Gasteiger partial charge on any atom is -0.506 e. The van der Waals surface area contributed by atoms with Crippen LogP contribution in [0.3, 0.4) is 0 Å². The maximum atomic E-state index is 10.5. The Morgan fingerprint density at radius 3 is 1.39 bits per heavy atom. The van der Waals surface area contributed by atoms with Crippen LogP contribution in [0.1, 0.15) is 0 Å². The van der Waals surface area contributed by atoms with Gasteiger partial charge in [-0.05, 0) is 36.4 Å². The Hall–Kier alpha value is -3.92. The topological polar surface area (TPSA) is 46.9 Å². The molecule has 0 bridgehead atoms. The number of aromatic hydroxyl groups is 2. The molecule has 0 fully saturated rings. The molecular formula is C24H18N2O2. The van der Waals surface area contributed by atoms with Crippen molar-refractivity contribution in [3.05, 3.63) is 95.7 Å². The van der Waals surface area contributed by atoms with E-state index in [1.165, 1.54) is 0 Å². The number of phenols is 2. The highest BCUT2D eigenvalue weighted by molar-refractivity contribution is 5.90. The quantitative estimate of drug-likeness (QED) is 0.720. The van der Waals surface area contributed by atoms with Crippen LogP contribution in [0.5, 0.6) is 11.5 Å². The van der Waals surface area contributed by atoms with Crippen LogP contribution in [-0.2, 0) is 0 Å². The number of anilines is 4. The highest BCUT2D eigenvalue weighted by Crippen LogP contribution is 2.41. The van der Waals surface area contributed by atoms with Crippen molar-refractivity contribution in [1.29, 1.82) is 0 Å². The number of fused-ring (bicyclic) bond motifs is 3. The van der Waals surface area contributed by atoms with Crippen LogP contribution in [0.4, 0.5) is 22.7 Å². The number of allylic oxidation sites excluding steroid dienone is 2. The molecular weight excluding hydrogens is 348 g/mol. The van der Waals surface area contributed by atoms with Crippen LogP contribution in [0.2, 0.25) is 0 Å². The molecule has 28 heavy (non-hydrogen) atoms. The Bertz CT molecular complexity index is 1160. The van der Waals surface area contributed by atoms with Crippen molar-refractivity contribution < 1.29 is 10.2 Å². The van der Waals surface area contributed by atoms with Crippen LogP contribution in [0.15, 0.2) is 85.2 Å². The molecule has 2 aliphatic heterocycles. The van der Waals surface area contributed by atoms with Gasteiger partial charge in [-0.25, -0.2) is 0 Å². The number of nitrogens with zero attached hydrogens (tertiary/aromatic N) is 2. The van der Waals surface area contributed by atoms with E-state index >= 15 is 0 Å². The average Bonchev–Trinajstić information content (AvgIpc) is 2.73. The van der Waals surface area contributed by atoms with Gasteiger partial charge in [-0.15, -0.1) is 0 Å². The summed E-state index contributed by atoms with van der Waals surface area (Å²) in [6.45, 7) is 0. The summed E-state index contributed by atoms with van der Waals surface area (Å²) in [6, 6.07) is 18.7. The zero-order valence-corrected chi connectivity index (χ0v) is 15.0. The second-order valence-electron chi connectivity index (χ2n) is 6.68. The zero-order valence-electron chi connectivity index (χ0n) is 15.0. The standard InChI is InChI=1S/C24H18N2O2/c27-21-11-3-1-9-19(21)25-15-5-7-17-13-14-18-8-6-16-26(24(18)23(17)25)20-10-2-4-12-22(20)28/h1-16,27-28H. The molecule has 0 aromatic heterocycles. The molecule has 0 radical (unpaired) electrons. The molecule has 0 amide bonds. The van der Waals surface area contributed by atoms with Crippen molar-refractivity contribution in [3.63, 3.8) is 0 Å². The first-order valence-electron chi connectivity index (χ1n) is 9.08. The van der Waals surface area contributed by atoms with Crippen molar-refractivity contribution in [2.45, 2.75) is 0 Å². The predicted octanol–water partition coefficient (Wildman–Crippen LogP) is 3.99. The number of hydrogen-bond donors (Lipinski definition) is 2. The Labute approximate surface area is 162 Å². The SMILES string of the molecule is Oc1ccccc1N1C=CC=c2ccc3c(c21)N(c1ccccc1O)C=CC=3. The zero-order chi connectivity index (χ0) is 19.1. The van der Waals surface area contributed by atoms with Gasteiger partial charge in [0.2, 0.25) is 0 Å². The third-order valence-corrected chi connectivity index (χ3v) is 5.00. The van der Waals surface area contributed by atoms with Crippen molar-refractivity contribution in [2.75, 3.05) is 9.80 Å². The van der Waals surface area contributed by atoms with Crippen LogP contribution in [0, 0.1) is 0 Å². The molecule has 0 unspecified atom stereocenters. The summed E-state index contributed by atoms with van der Waals surface area (Å²) in [4.78, 5) is 3.98. The predicted molar refractivity (Wildman–Crippen MR) is 113 cm³/mol. The van der Waals surface area contributed by atoms with E-state index in [4.69, 9.17) is 0 Å². The van der Waals surface area contributed by atoms with Crippen molar-refractivity contribution in [2.24, 2.45) is 0 Å². The third kappa shape index (κ3) is 2.47. The van der Waals surface area contributed by atoms with Gasteiger partial charge in [0.15, 0.2) is 0 Å². The molecule has 4 heteroatoms. The summed E-state index contributed by atoms with van der Waals surface area (Å²) in [6.07, 6.45) is 11.9. The summed E-state index contributed by atoms with van der Waals surface area (Å²) >= 11 is 0. The van der Waals surface area contributed by atoms with Gasteiger partial charge in [-0.2, -0.15) is 0 Å². The molecule has 2 heterocycles. The largest absolute Gasteiger partial charge is 0.506 e. The Balaban J connectivity index is 1.80. The third-order valence-electron chi connectivity index (χ3n) is 5.00. The van der Waals surface area contributed by atoms with Gasteiger partial charge in [-0.3, -0.25) is 0 Å². The van der Waals surface area contributed by atoms with E-state index in [1.54, 1.807) is 12.1 Å². The number of benzene rings is 3. The van der Waals surface area contributed by atoms with Gasteiger partial charge in [0.25, 0.3) is 0 Å². The lowest BCUT2D eigenvalue weighted by Crippen LogP contribution is -2.30. The van der Waals surface area contributed by atoms with Crippen LogP contribution < -0.4 is 20.2 Å². The van der Waals surface area contributed by atoms with Gasteiger partial charge in [0.05, 0.1) is 22.7 Å². The summed E-state index contributed by atoms with van der Waals surface area (Å²) in [7, 11) is 0. The molecule has 0 atom stereocenters. The fourth-order valence-electron chi connectivity index (χ4n) is 3.74. The molecule has 0 saturated heterocycles. The molecule has 0 saturated carbocycles. The number of phenolic OH excluding ortho intramolecular Hbond substituents is 2. The van der Waals surface area contributed by atoms with Gasteiger partial charge >= 0.3 is 0 Å². The summed E-state index contributed by atoms with van der Waals surface area (Å²) in [5, 5.41) is 23.0. The second-order valence-corrected chi connectivity index (χ2v) is 6.68. The van der Waals surface area contributed by atoms with E-state index in [-0.39, 0.29) is 11.5 Å². The monoisotopic (exact) mass is 366 g/mol. The molecule has 4 nitrogen and oxygen atoms in total. The first-order valence-corrected chi connectivity index (χ1v) is 9.08. The minimum atomic E-state index is 0.210. The lowest BCUT2D eigenvalue weighted by molar-refractivity contribution is 0.475. The molecule has 2 N–H and O–H groups in total. The Kier molecular flexibility index (Phi) is 3.69. The lowest BCUT2D eigenvalue weighted by atomic mass is 10.0. The highest BCUT2D eigenvalue weighted by atomic mass is 16.3. The van der Waals surface area contributed by atoms with E-state index in [1.807, 2.05) is 82.9 Å². The number of para-hydroxylation sites is 4. The van der Waals surface area contributed by atoms with Gasteiger partial charge in [0.1, 0.15) is 11.5 Å². The van der Waals surface area contributed by atoms with E-state index in [0.717, 1.165) is 21.8 Å². The minimum absolute atomic E-state index is 0.210.